The molecule has 7 nitrogen and oxygen atoms in total. The monoisotopic (exact) mass is 307 g/mol. The Bertz CT molecular complexity index is 485. The maximum Gasteiger partial charge on any atom is 0.272 e. The van der Waals surface area contributed by atoms with Crippen molar-refractivity contribution in [3.05, 3.63) is 32.3 Å². The third kappa shape index (κ3) is 4.46. The summed E-state index contributed by atoms with van der Waals surface area (Å²) in [4.78, 5) is 9.98. The van der Waals surface area contributed by atoms with E-state index in [-0.39, 0.29) is 33.9 Å². The first-order valence-corrected chi connectivity index (χ1v) is 5.94. The van der Waals surface area contributed by atoms with Crippen molar-refractivity contribution < 1.29 is 14.9 Å². The molecule has 0 aliphatic carbocycles. The van der Waals surface area contributed by atoms with Gasteiger partial charge in [0.25, 0.3) is 5.69 Å². The molecule has 1 rings (SSSR count). The molecule has 9 heteroatoms. The van der Waals surface area contributed by atoms with Crippen molar-refractivity contribution in [2.24, 2.45) is 10.9 Å². The van der Waals surface area contributed by atoms with Gasteiger partial charge < -0.3 is 15.7 Å². The van der Waals surface area contributed by atoms with Gasteiger partial charge >= 0.3 is 0 Å². The molecule has 0 atom stereocenters. The first-order valence-electron chi connectivity index (χ1n) is 5.18. The quantitative estimate of drug-likeness (QED) is 0.210. The van der Waals surface area contributed by atoms with Crippen LogP contribution in [-0.4, -0.2) is 22.6 Å². The molecule has 0 heterocycles. The van der Waals surface area contributed by atoms with Gasteiger partial charge in [-0.05, 0) is 6.42 Å². The second-order valence-electron chi connectivity index (χ2n) is 3.54. The Morgan fingerprint density at radius 2 is 2.05 bits per heavy atom. The number of hydrogen-bond donors (Lipinski definition) is 2. The number of oxime groups is 1. The number of halogens is 2. The zero-order valence-corrected chi connectivity index (χ0v) is 11.2. The summed E-state index contributed by atoms with van der Waals surface area (Å²) in [6.45, 7) is 0.230. The van der Waals surface area contributed by atoms with Crippen LogP contribution in [0.15, 0.2) is 17.3 Å². The molecule has 3 N–H and O–H groups in total. The lowest BCUT2D eigenvalue weighted by atomic mass is 10.3. The van der Waals surface area contributed by atoms with Crippen molar-refractivity contribution >= 4 is 34.7 Å². The number of rotatable bonds is 6. The van der Waals surface area contributed by atoms with Crippen molar-refractivity contribution in [2.45, 2.75) is 12.8 Å². The number of non-ortho nitro benzene ring substituents is 1. The van der Waals surface area contributed by atoms with Gasteiger partial charge in [-0.2, -0.15) is 0 Å². The Morgan fingerprint density at radius 3 is 2.53 bits per heavy atom. The van der Waals surface area contributed by atoms with Crippen LogP contribution in [0.2, 0.25) is 10.0 Å². The highest BCUT2D eigenvalue weighted by Crippen LogP contribution is 2.36. The standard InChI is InChI=1S/C10H11Cl2N3O4/c11-7-4-6(15(17)18)5-8(12)10(7)19-3-1-2-9(13)14-16/h4-5,16H,1-3H2,(H2,13,14). The van der Waals surface area contributed by atoms with E-state index in [4.69, 9.17) is 38.9 Å². The molecule has 0 aliphatic rings. The number of nitrogens with two attached hydrogens (primary N) is 1. The van der Waals surface area contributed by atoms with E-state index in [1.807, 2.05) is 0 Å². The Morgan fingerprint density at radius 1 is 1.47 bits per heavy atom. The van der Waals surface area contributed by atoms with Crippen molar-refractivity contribution in [3.63, 3.8) is 0 Å². The van der Waals surface area contributed by atoms with Crippen molar-refractivity contribution in [1.82, 2.24) is 0 Å². The minimum atomic E-state index is -0.597. The van der Waals surface area contributed by atoms with Crippen LogP contribution in [0, 0.1) is 10.1 Å². The summed E-state index contributed by atoms with van der Waals surface area (Å²) < 4.78 is 5.32. The van der Waals surface area contributed by atoms with Crippen molar-refractivity contribution in [1.29, 1.82) is 0 Å². The van der Waals surface area contributed by atoms with Crippen LogP contribution < -0.4 is 10.5 Å². The second kappa shape index (κ2) is 7.01. The van der Waals surface area contributed by atoms with Gasteiger partial charge in [0.2, 0.25) is 0 Å². The van der Waals surface area contributed by atoms with Crippen LogP contribution in [0.4, 0.5) is 5.69 Å². The lowest BCUT2D eigenvalue weighted by Gasteiger charge is -2.09. The fourth-order valence-corrected chi connectivity index (χ4v) is 1.85. The van der Waals surface area contributed by atoms with Gasteiger partial charge in [0, 0.05) is 18.6 Å². The molecule has 104 valence electrons. The molecule has 0 unspecified atom stereocenters. The van der Waals surface area contributed by atoms with Crippen LogP contribution in [0.1, 0.15) is 12.8 Å². The van der Waals surface area contributed by atoms with Gasteiger partial charge in [-0.25, -0.2) is 0 Å². The predicted octanol–water partition coefficient (Wildman–Crippen LogP) is 2.81. The maximum absolute atomic E-state index is 10.6. The fourth-order valence-electron chi connectivity index (χ4n) is 1.27. The smallest absolute Gasteiger partial charge is 0.272 e. The average Bonchev–Trinajstić information content (AvgIpc) is 2.36. The lowest BCUT2D eigenvalue weighted by molar-refractivity contribution is -0.384. The molecule has 19 heavy (non-hydrogen) atoms. The first-order chi connectivity index (χ1) is 8.95. The summed E-state index contributed by atoms with van der Waals surface area (Å²) >= 11 is 11.7. The summed E-state index contributed by atoms with van der Waals surface area (Å²) in [6.07, 6.45) is 0.832. The molecule has 0 aliphatic heterocycles. The molecule has 0 fully saturated rings. The maximum atomic E-state index is 10.6. The van der Waals surface area contributed by atoms with Crippen molar-refractivity contribution in [3.8, 4) is 5.75 Å². The molecule has 0 spiro atoms. The number of hydrogen-bond acceptors (Lipinski definition) is 5. The highest BCUT2D eigenvalue weighted by molar-refractivity contribution is 6.37. The van der Waals surface area contributed by atoms with E-state index in [0.717, 1.165) is 12.1 Å². The van der Waals surface area contributed by atoms with Crippen LogP contribution in [0.5, 0.6) is 5.75 Å². The number of nitrogens with zero attached hydrogens (tertiary/aromatic N) is 2. The lowest BCUT2D eigenvalue weighted by Crippen LogP contribution is -2.12. The van der Waals surface area contributed by atoms with Gasteiger partial charge in [0.15, 0.2) is 5.75 Å². The third-order valence-electron chi connectivity index (χ3n) is 2.15. The molecular weight excluding hydrogens is 297 g/mol. The minimum Gasteiger partial charge on any atom is -0.490 e. The Balaban J connectivity index is 2.67. The molecule has 0 aromatic heterocycles. The van der Waals surface area contributed by atoms with Gasteiger partial charge in [-0.1, -0.05) is 28.4 Å². The summed E-state index contributed by atoms with van der Waals surface area (Å²) in [6, 6.07) is 2.32. The van der Waals surface area contributed by atoms with E-state index >= 15 is 0 Å². The van der Waals surface area contributed by atoms with Crippen LogP contribution in [-0.2, 0) is 0 Å². The molecule has 0 saturated carbocycles. The Labute approximate surface area is 118 Å². The Kier molecular flexibility index (Phi) is 5.65. The van der Waals surface area contributed by atoms with Gasteiger partial charge in [-0.3, -0.25) is 10.1 Å². The number of nitro benzene ring substituents is 1. The SMILES string of the molecule is N/C(CCCOc1c(Cl)cc([N+](=O)[O-])cc1Cl)=N/O. The van der Waals surface area contributed by atoms with E-state index in [0.29, 0.717) is 12.8 Å². The average molecular weight is 308 g/mol. The summed E-state index contributed by atoms with van der Waals surface area (Å²) in [5.74, 6) is 0.262. The number of amidine groups is 1. The second-order valence-corrected chi connectivity index (χ2v) is 4.35. The number of ether oxygens (including phenoxy) is 1. The topological polar surface area (TPSA) is 111 Å². The molecule has 0 amide bonds. The molecule has 1 aromatic rings. The van der Waals surface area contributed by atoms with E-state index in [9.17, 15) is 10.1 Å². The first kappa shape index (κ1) is 15.3. The molecule has 1 aromatic carbocycles. The Hall–Kier alpha value is -1.73. The number of nitro groups is 1. The third-order valence-corrected chi connectivity index (χ3v) is 2.71. The largest absolute Gasteiger partial charge is 0.490 e. The van der Waals surface area contributed by atoms with E-state index in [2.05, 4.69) is 5.16 Å². The van der Waals surface area contributed by atoms with E-state index in [1.165, 1.54) is 0 Å². The molecular formula is C10H11Cl2N3O4. The molecule has 0 saturated heterocycles. The van der Waals surface area contributed by atoms with Gasteiger partial charge in [0.1, 0.15) is 5.84 Å². The predicted molar refractivity (Wildman–Crippen MR) is 71.3 cm³/mol. The van der Waals surface area contributed by atoms with Crippen LogP contribution in [0.25, 0.3) is 0 Å². The normalized spacial score (nSPS) is 11.4. The summed E-state index contributed by atoms with van der Waals surface area (Å²) in [7, 11) is 0. The molecule has 0 bridgehead atoms. The van der Waals surface area contributed by atoms with Crippen LogP contribution in [0.3, 0.4) is 0 Å². The highest BCUT2D eigenvalue weighted by Gasteiger charge is 2.15. The van der Waals surface area contributed by atoms with Gasteiger partial charge in [-0.15, -0.1) is 0 Å². The molecule has 0 radical (unpaired) electrons. The zero-order valence-electron chi connectivity index (χ0n) is 9.68. The highest BCUT2D eigenvalue weighted by atomic mass is 35.5. The summed E-state index contributed by atoms with van der Waals surface area (Å²) in [5, 5.41) is 21.8. The van der Waals surface area contributed by atoms with E-state index < -0.39 is 4.92 Å². The summed E-state index contributed by atoms with van der Waals surface area (Å²) in [5.41, 5.74) is 5.07. The van der Waals surface area contributed by atoms with E-state index in [1.54, 1.807) is 0 Å². The zero-order chi connectivity index (χ0) is 14.4. The fraction of sp³-hybridized carbons (Fsp3) is 0.300. The number of benzene rings is 1. The van der Waals surface area contributed by atoms with Crippen LogP contribution >= 0.6 is 23.2 Å². The van der Waals surface area contributed by atoms with Crippen molar-refractivity contribution in [2.75, 3.05) is 6.61 Å². The van der Waals surface area contributed by atoms with Gasteiger partial charge in [0.05, 0.1) is 21.6 Å². The minimum absolute atomic E-state index is 0.0583.